The minimum atomic E-state index is -6.62. The SMILES string of the molecule is CCO/C(C)=C/C(O)=C/C(=O)C(F)(F)C(F)(F)C(F)(F)F. The normalized spacial score (nSPS) is 15.1. The van der Waals surface area contributed by atoms with Crippen molar-refractivity contribution in [2.24, 2.45) is 0 Å². The number of halogens is 7. The van der Waals surface area contributed by atoms with Crippen LogP contribution in [0.5, 0.6) is 0 Å². The molecule has 21 heavy (non-hydrogen) atoms. The van der Waals surface area contributed by atoms with Crippen molar-refractivity contribution in [1.29, 1.82) is 0 Å². The van der Waals surface area contributed by atoms with Gasteiger partial charge in [0, 0.05) is 12.2 Å². The van der Waals surface area contributed by atoms with E-state index in [0.29, 0.717) is 6.08 Å². The van der Waals surface area contributed by atoms with Crippen molar-refractivity contribution in [1.82, 2.24) is 0 Å². The first-order valence-corrected chi connectivity index (χ1v) is 5.36. The highest BCUT2D eigenvalue weighted by atomic mass is 19.4. The summed E-state index contributed by atoms with van der Waals surface area (Å²) in [5.74, 6) is -16.8. The highest BCUT2D eigenvalue weighted by molar-refractivity contribution is 5.97. The van der Waals surface area contributed by atoms with Gasteiger partial charge in [0.1, 0.15) is 5.76 Å². The van der Waals surface area contributed by atoms with Crippen LogP contribution in [0.4, 0.5) is 30.7 Å². The number of aliphatic hydroxyl groups is 1. The molecule has 0 fully saturated rings. The minimum absolute atomic E-state index is 0.0649. The summed E-state index contributed by atoms with van der Waals surface area (Å²) in [7, 11) is 0. The van der Waals surface area contributed by atoms with Crippen molar-refractivity contribution >= 4 is 5.78 Å². The molecular formula is C11H11F7O3. The van der Waals surface area contributed by atoms with Crippen LogP contribution in [0.2, 0.25) is 0 Å². The molecule has 0 aliphatic carbocycles. The number of hydrogen-bond acceptors (Lipinski definition) is 3. The van der Waals surface area contributed by atoms with Crippen LogP contribution in [0.1, 0.15) is 13.8 Å². The lowest BCUT2D eigenvalue weighted by atomic mass is 10.1. The summed E-state index contributed by atoms with van der Waals surface area (Å²) in [4.78, 5) is 10.9. The molecule has 0 spiro atoms. The van der Waals surface area contributed by atoms with Gasteiger partial charge in [0.15, 0.2) is 0 Å². The lowest BCUT2D eigenvalue weighted by molar-refractivity contribution is -0.342. The first-order chi connectivity index (χ1) is 9.27. The highest BCUT2D eigenvalue weighted by Crippen LogP contribution is 2.47. The van der Waals surface area contributed by atoms with E-state index in [4.69, 9.17) is 9.84 Å². The van der Waals surface area contributed by atoms with Crippen LogP contribution >= 0.6 is 0 Å². The molecule has 0 aromatic carbocycles. The molecule has 10 heteroatoms. The van der Waals surface area contributed by atoms with Gasteiger partial charge in [0.2, 0.25) is 5.78 Å². The van der Waals surface area contributed by atoms with Crippen LogP contribution in [0.15, 0.2) is 23.7 Å². The Hall–Kier alpha value is -1.74. The predicted molar refractivity (Wildman–Crippen MR) is 57.1 cm³/mol. The molecule has 0 saturated carbocycles. The quantitative estimate of drug-likeness (QED) is 0.350. The number of carbonyl (C=O) groups is 1. The molecule has 0 saturated heterocycles. The lowest BCUT2D eigenvalue weighted by Crippen LogP contribution is -2.55. The van der Waals surface area contributed by atoms with Crippen molar-refractivity contribution < 1.29 is 45.4 Å². The zero-order chi connectivity index (χ0) is 17.1. The second kappa shape index (κ2) is 6.35. The first-order valence-electron chi connectivity index (χ1n) is 5.36. The van der Waals surface area contributed by atoms with Gasteiger partial charge in [-0.25, -0.2) is 0 Å². The van der Waals surface area contributed by atoms with E-state index in [2.05, 4.69) is 0 Å². The third-order valence-electron chi connectivity index (χ3n) is 2.06. The average molecular weight is 324 g/mol. The topological polar surface area (TPSA) is 46.5 Å². The van der Waals surface area contributed by atoms with Crippen LogP contribution in [-0.2, 0) is 9.53 Å². The molecule has 0 aromatic heterocycles. The number of rotatable bonds is 6. The molecule has 122 valence electrons. The van der Waals surface area contributed by atoms with Crippen LogP contribution in [0.25, 0.3) is 0 Å². The fraction of sp³-hybridized carbons (Fsp3) is 0.545. The second-order valence-corrected chi connectivity index (χ2v) is 3.77. The molecule has 0 aliphatic rings. The number of aliphatic hydroxyl groups excluding tert-OH is 1. The predicted octanol–water partition coefficient (Wildman–Crippen LogP) is 3.77. The van der Waals surface area contributed by atoms with Crippen molar-refractivity contribution in [2.75, 3.05) is 6.61 Å². The van der Waals surface area contributed by atoms with Gasteiger partial charge < -0.3 is 9.84 Å². The Morgan fingerprint density at radius 2 is 1.57 bits per heavy atom. The maximum atomic E-state index is 12.9. The number of allylic oxidation sites excluding steroid dienone is 3. The molecule has 0 bridgehead atoms. The third kappa shape index (κ3) is 4.36. The lowest BCUT2D eigenvalue weighted by Gasteiger charge is -2.26. The number of hydrogen-bond donors (Lipinski definition) is 1. The van der Waals surface area contributed by atoms with Crippen LogP contribution in [0, 0.1) is 0 Å². The van der Waals surface area contributed by atoms with Crippen molar-refractivity contribution in [3.63, 3.8) is 0 Å². The molecule has 3 nitrogen and oxygen atoms in total. The smallest absolute Gasteiger partial charge is 0.460 e. The summed E-state index contributed by atoms with van der Waals surface area (Å²) in [5.41, 5.74) is 0. The standard InChI is InChI=1S/C11H11F7O3/c1-3-21-6(2)4-7(19)5-8(20)9(12,13)10(14,15)11(16,17)18/h4-5,19H,3H2,1-2H3/b6-4+,7-5-. The van der Waals surface area contributed by atoms with Gasteiger partial charge in [0.05, 0.1) is 12.4 Å². The monoisotopic (exact) mass is 324 g/mol. The van der Waals surface area contributed by atoms with Crippen LogP contribution in [0.3, 0.4) is 0 Å². The Kier molecular flexibility index (Phi) is 5.83. The number of ether oxygens (including phenoxy) is 1. The van der Waals surface area contributed by atoms with E-state index in [1.54, 1.807) is 0 Å². The van der Waals surface area contributed by atoms with Crippen molar-refractivity contribution in [3.8, 4) is 0 Å². The Balaban J connectivity index is 5.39. The van der Waals surface area contributed by atoms with Crippen LogP contribution < -0.4 is 0 Å². The summed E-state index contributed by atoms with van der Waals surface area (Å²) < 4.78 is 91.2. The van der Waals surface area contributed by atoms with Gasteiger partial charge in [-0.3, -0.25) is 4.79 Å². The maximum absolute atomic E-state index is 12.9. The largest absolute Gasteiger partial charge is 0.508 e. The van der Waals surface area contributed by atoms with Gasteiger partial charge in [-0.1, -0.05) is 0 Å². The summed E-state index contributed by atoms with van der Waals surface area (Å²) >= 11 is 0. The molecule has 0 amide bonds. The Bertz CT molecular complexity index is 449. The van der Waals surface area contributed by atoms with Gasteiger partial charge >= 0.3 is 18.0 Å². The fourth-order valence-corrected chi connectivity index (χ4v) is 1.08. The summed E-state index contributed by atoms with van der Waals surface area (Å²) in [6, 6.07) is 0. The van der Waals surface area contributed by atoms with E-state index in [0.717, 1.165) is 0 Å². The Morgan fingerprint density at radius 3 is 1.95 bits per heavy atom. The Labute approximate surface area is 114 Å². The van der Waals surface area contributed by atoms with E-state index in [9.17, 15) is 35.5 Å². The molecule has 0 rings (SSSR count). The zero-order valence-corrected chi connectivity index (χ0v) is 10.8. The van der Waals surface area contributed by atoms with Gasteiger partial charge in [-0.2, -0.15) is 30.7 Å². The van der Waals surface area contributed by atoms with E-state index >= 15 is 0 Å². The zero-order valence-electron chi connectivity index (χ0n) is 10.8. The number of ketones is 1. The second-order valence-electron chi connectivity index (χ2n) is 3.77. The van der Waals surface area contributed by atoms with Crippen LogP contribution in [-0.4, -0.2) is 35.5 Å². The average Bonchev–Trinajstić information content (AvgIpc) is 2.26. The van der Waals surface area contributed by atoms with Gasteiger partial charge in [0.25, 0.3) is 0 Å². The van der Waals surface area contributed by atoms with E-state index in [1.165, 1.54) is 13.8 Å². The van der Waals surface area contributed by atoms with E-state index < -0.39 is 35.6 Å². The Morgan fingerprint density at radius 1 is 1.10 bits per heavy atom. The molecule has 0 radical (unpaired) electrons. The first kappa shape index (κ1) is 19.3. The molecule has 0 heterocycles. The summed E-state index contributed by atoms with van der Waals surface area (Å²) in [5, 5.41) is 9.07. The van der Waals surface area contributed by atoms with E-state index in [1.807, 2.05) is 0 Å². The molecule has 0 aromatic rings. The molecule has 0 atom stereocenters. The fourth-order valence-electron chi connectivity index (χ4n) is 1.08. The third-order valence-corrected chi connectivity index (χ3v) is 2.06. The molecular weight excluding hydrogens is 313 g/mol. The molecule has 1 N–H and O–H groups in total. The number of alkyl halides is 7. The highest BCUT2D eigenvalue weighted by Gasteiger charge is 2.75. The van der Waals surface area contributed by atoms with Crippen molar-refractivity contribution in [2.45, 2.75) is 31.9 Å². The van der Waals surface area contributed by atoms with Gasteiger partial charge in [-0.05, 0) is 13.8 Å². The molecule has 0 unspecified atom stereocenters. The minimum Gasteiger partial charge on any atom is -0.508 e. The summed E-state index contributed by atoms with van der Waals surface area (Å²) in [6.45, 7) is 2.88. The number of carbonyl (C=O) groups excluding carboxylic acids is 1. The summed E-state index contributed by atoms with van der Waals surface area (Å²) in [6.07, 6.45) is -6.43. The maximum Gasteiger partial charge on any atom is 0.460 e. The molecule has 0 aliphatic heterocycles. The van der Waals surface area contributed by atoms with E-state index in [-0.39, 0.29) is 12.4 Å². The van der Waals surface area contributed by atoms with Crippen molar-refractivity contribution in [3.05, 3.63) is 23.7 Å². The van der Waals surface area contributed by atoms with Gasteiger partial charge in [-0.15, -0.1) is 0 Å².